The Balaban J connectivity index is 2.20. The quantitative estimate of drug-likeness (QED) is 0.421. The van der Waals surface area contributed by atoms with Crippen LogP contribution in [0.2, 0.25) is 0 Å². The van der Waals surface area contributed by atoms with Gasteiger partial charge in [-0.1, -0.05) is 43.5 Å². The topological polar surface area (TPSA) is 74.7 Å². The van der Waals surface area contributed by atoms with E-state index in [1.807, 2.05) is 18.2 Å². The molecule has 0 atom stereocenters. The average Bonchev–Trinajstić information content (AvgIpc) is 2.62. The summed E-state index contributed by atoms with van der Waals surface area (Å²) in [6.45, 7) is 6.80. The zero-order chi connectivity index (χ0) is 17.4. The second kappa shape index (κ2) is 8.47. The monoisotopic (exact) mass is 327 g/mol. The zero-order valence-electron chi connectivity index (χ0n) is 13.0. The van der Waals surface area contributed by atoms with Crippen molar-refractivity contribution in [3.8, 4) is 5.88 Å². The van der Waals surface area contributed by atoms with E-state index in [0.717, 1.165) is 5.39 Å². The highest BCUT2D eigenvalue weighted by atomic mass is 16.6. The van der Waals surface area contributed by atoms with Crippen molar-refractivity contribution in [1.29, 1.82) is 0 Å². The van der Waals surface area contributed by atoms with Crippen molar-refractivity contribution in [2.75, 3.05) is 13.2 Å². The van der Waals surface area contributed by atoms with Crippen molar-refractivity contribution in [3.63, 3.8) is 0 Å². The summed E-state index contributed by atoms with van der Waals surface area (Å²) in [5, 5.41) is 0.907. The lowest BCUT2D eigenvalue weighted by Gasteiger charge is -2.15. The zero-order valence-corrected chi connectivity index (χ0v) is 13.0. The normalized spacial score (nSPS) is 10.2. The molecule has 1 aromatic carbocycles. The third-order valence-electron chi connectivity index (χ3n) is 2.93. The van der Waals surface area contributed by atoms with Crippen LogP contribution < -0.4 is 4.74 Å². The summed E-state index contributed by atoms with van der Waals surface area (Å²) >= 11 is 0. The van der Waals surface area contributed by atoms with Gasteiger partial charge in [0.25, 0.3) is 6.10 Å². The lowest BCUT2D eigenvalue weighted by Crippen LogP contribution is -2.39. The van der Waals surface area contributed by atoms with Gasteiger partial charge in [-0.05, 0) is 12.1 Å². The van der Waals surface area contributed by atoms with E-state index in [1.54, 1.807) is 18.2 Å². The molecule has 0 fully saturated rings. The molecule has 2 rings (SSSR count). The maximum Gasteiger partial charge on any atom is 0.359 e. The number of ether oxygens (including phenoxy) is 3. The summed E-state index contributed by atoms with van der Waals surface area (Å²) in [6.07, 6.45) is 1.20. The fourth-order valence-corrected chi connectivity index (χ4v) is 1.86. The molecule has 124 valence electrons. The molecular weight excluding hydrogens is 310 g/mol. The van der Waals surface area contributed by atoms with E-state index in [4.69, 9.17) is 14.2 Å². The highest BCUT2D eigenvalue weighted by molar-refractivity contribution is 5.98. The second-order valence-corrected chi connectivity index (χ2v) is 4.68. The lowest BCUT2D eigenvalue weighted by molar-refractivity contribution is -0.165. The van der Waals surface area contributed by atoms with Gasteiger partial charge in [0.15, 0.2) is 0 Å². The molecule has 0 bridgehead atoms. The Morgan fingerprint density at radius 1 is 1.00 bits per heavy atom. The van der Waals surface area contributed by atoms with Gasteiger partial charge >= 0.3 is 11.9 Å². The second-order valence-electron chi connectivity index (χ2n) is 4.68. The SMILES string of the molecule is C=CCOC(=O)C(Oc1ccc2ccccc2n1)C(=O)OCC=C. The maximum atomic E-state index is 12.0. The summed E-state index contributed by atoms with van der Waals surface area (Å²) in [5.74, 6) is -1.64. The van der Waals surface area contributed by atoms with Crippen LogP contribution in [0.25, 0.3) is 10.9 Å². The highest BCUT2D eigenvalue weighted by Crippen LogP contribution is 2.17. The molecule has 0 saturated heterocycles. The van der Waals surface area contributed by atoms with E-state index in [0.29, 0.717) is 5.52 Å². The number of hydrogen-bond donors (Lipinski definition) is 0. The van der Waals surface area contributed by atoms with E-state index in [1.165, 1.54) is 12.2 Å². The fourth-order valence-electron chi connectivity index (χ4n) is 1.86. The number of nitrogens with zero attached hydrogens (tertiary/aromatic N) is 1. The summed E-state index contributed by atoms with van der Waals surface area (Å²) < 4.78 is 15.2. The van der Waals surface area contributed by atoms with Crippen molar-refractivity contribution in [1.82, 2.24) is 4.98 Å². The van der Waals surface area contributed by atoms with Crippen LogP contribution in [0.5, 0.6) is 5.88 Å². The Hall–Kier alpha value is -3.15. The van der Waals surface area contributed by atoms with Crippen molar-refractivity contribution in [2.24, 2.45) is 0 Å². The highest BCUT2D eigenvalue weighted by Gasteiger charge is 2.32. The van der Waals surface area contributed by atoms with Gasteiger partial charge in [-0.15, -0.1) is 0 Å². The Kier molecular flexibility index (Phi) is 6.08. The smallest absolute Gasteiger partial charge is 0.359 e. The van der Waals surface area contributed by atoms with Crippen LogP contribution in [0.4, 0.5) is 0 Å². The van der Waals surface area contributed by atoms with Crippen molar-refractivity contribution >= 4 is 22.8 Å². The van der Waals surface area contributed by atoms with Gasteiger partial charge in [0.05, 0.1) is 5.52 Å². The molecule has 0 spiro atoms. The van der Waals surface area contributed by atoms with Gasteiger partial charge in [0.1, 0.15) is 13.2 Å². The summed E-state index contributed by atoms with van der Waals surface area (Å²) in [4.78, 5) is 28.3. The first-order chi connectivity index (χ1) is 11.7. The van der Waals surface area contributed by atoms with Crippen molar-refractivity contribution in [2.45, 2.75) is 6.10 Å². The molecule has 6 heteroatoms. The minimum absolute atomic E-state index is 0.0431. The van der Waals surface area contributed by atoms with Crippen LogP contribution in [0.3, 0.4) is 0 Å². The molecule has 6 nitrogen and oxygen atoms in total. The van der Waals surface area contributed by atoms with E-state index < -0.39 is 18.0 Å². The third kappa shape index (κ3) is 4.42. The molecule has 24 heavy (non-hydrogen) atoms. The lowest BCUT2D eigenvalue weighted by atomic mass is 10.2. The molecule has 2 aromatic rings. The Morgan fingerprint density at radius 2 is 1.62 bits per heavy atom. The summed E-state index contributed by atoms with van der Waals surface area (Å²) in [6, 6.07) is 10.7. The largest absolute Gasteiger partial charge is 0.458 e. The van der Waals surface area contributed by atoms with E-state index >= 15 is 0 Å². The number of hydrogen-bond acceptors (Lipinski definition) is 6. The molecule has 0 radical (unpaired) electrons. The first-order valence-electron chi connectivity index (χ1n) is 7.23. The van der Waals surface area contributed by atoms with Gasteiger partial charge in [-0.2, -0.15) is 0 Å². The number of fused-ring (bicyclic) bond motifs is 1. The maximum absolute atomic E-state index is 12.0. The fraction of sp³-hybridized carbons (Fsp3) is 0.167. The van der Waals surface area contributed by atoms with Gasteiger partial charge in [0, 0.05) is 11.5 Å². The molecule has 0 aliphatic carbocycles. The Labute approximate surface area is 139 Å². The van der Waals surface area contributed by atoms with Crippen LogP contribution in [0.1, 0.15) is 0 Å². The third-order valence-corrected chi connectivity index (χ3v) is 2.93. The predicted molar refractivity (Wildman–Crippen MR) is 88.5 cm³/mol. The molecular formula is C18H17NO5. The molecule has 0 amide bonds. The number of carbonyl (C=O) groups excluding carboxylic acids is 2. The van der Waals surface area contributed by atoms with Crippen LogP contribution >= 0.6 is 0 Å². The summed E-state index contributed by atoms with van der Waals surface area (Å²) in [7, 11) is 0. The number of rotatable bonds is 8. The molecule has 0 aliphatic rings. The molecule has 1 aromatic heterocycles. The standard InChI is InChI=1S/C18H17NO5/c1-3-11-22-17(20)16(18(21)23-12-4-2)24-15-10-9-13-7-5-6-8-14(13)19-15/h3-10,16H,1-2,11-12H2. The van der Waals surface area contributed by atoms with E-state index in [-0.39, 0.29) is 19.1 Å². The molecule has 0 N–H and O–H groups in total. The molecule has 1 heterocycles. The van der Waals surface area contributed by atoms with Crippen LogP contribution in [-0.2, 0) is 19.1 Å². The van der Waals surface area contributed by atoms with Crippen LogP contribution in [-0.4, -0.2) is 36.2 Å². The van der Waals surface area contributed by atoms with Gasteiger partial charge in [-0.3, -0.25) is 0 Å². The number of aromatic nitrogens is 1. The summed E-state index contributed by atoms with van der Waals surface area (Å²) in [5.41, 5.74) is 0.674. The Morgan fingerprint density at radius 3 is 2.25 bits per heavy atom. The van der Waals surface area contributed by atoms with E-state index in [2.05, 4.69) is 18.1 Å². The number of benzene rings is 1. The predicted octanol–water partition coefficient (Wildman–Crippen LogP) is 2.44. The molecule has 0 saturated carbocycles. The molecule has 0 aliphatic heterocycles. The number of para-hydroxylation sites is 1. The van der Waals surface area contributed by atoms with Crippen molar-refractivity contribution in [3.05, 3.63) is 61.7 Å². The van der Waals surface area contributed by atoms with Gasteiger partial charge < -0.3 is 14.2 Å². The van der Waals surface area contributed by atoms with Crippen molar-refractivity contribution < 1.29 is 23.8 Å². The van der Waals surface area contributed by atoms with Crippen LogP contribution in [0.15, 0.2) is 61.7 Å². The number of pyridine rings is 1. The average molecular weight is 327 g/mol. The van der Waals surface area contributed by atoms with E-state index in [9.17, 15) is 9.59 Å². The molecule has 0 unspecified atom stereocenters. The minimum Gasteiger partial charge on any atom is -0.458 e. The number of esters is 2. The van der Waals surface area contributed by atoms with Gasteiger partial charge in [-0.25, -0.2) is 14.6 Å². The van der Waals surface area contributed by atoms with Crippen LogP contribution in [0, 0.1) is 0 Å². The first kappa shape index (κ1) is 17.2. The number of carbonyl (C=O) groups is 2. The first-order valence-corrected chi connectivity index (χ1v) is 7.23. The Bertz CT molecular complexity index is 732. The van der Waals surface area contributed by atoms with Gasteiger partial charge in [0.2, 0.25) is 5.88 Å². The minimum atomic E-state index is -1.57.